The third-order valence-electron chi connectivity index (χ3n) is 3.43. The molecule has 0 spiro atoms. The summed E-state index contributed by atoms with van der Waals surface area (Å²) in [5.41, 5.74) is 2.40. The van der Waals surface area contributed by atoms with Crippen molar-refractivity contribution in [1.82, 2.24) is 0 Å². The zero-order valence-corrected chi connectivity index (χ0v) is 14.9. The number of rotatable bonds is 5. The lowest BCUT2D eigenvalue weighted by Gasteiger charge is -2.03. The molecule has 0 radical (unpaired) electrons. The molecule has 2 aromatic rings. The summed E-state index contributed by atoms with van der Waals surface area (Å²) in [6, 6.07) is 5.17. The Morgan fingerprint density at radius 3 is 2.67 bits per heavy atom. The van der Waals surface area contributed by atoms with Crippen LogP contribution in [0.3, 0.4) is 0 Å². The number of esters is 1. The summed E-state index contributed by atoms with van der Waals surface area (Å²) in [4.78, 5) is 28.8. The van der Waals surface area contributed by atoms with Crippen LogP contribution in [-0.2, 0) is 4.74 Å². The van der Waals surface area contributed by atoms with Gasteiger partial charge in [-0.3, -0.25) is 4.79 Å². The third kappa shape index (κ3) is 3.71. The summed E-state index contributed by atoms with van der Waals surface area (Å²) in [7, 11) is 0. The van der Waals surface area contributed by atoms with Gasteiger partial charge in [-0.1, -0.05) is 11.6 Å². The molecule has 0 unspecified atom stereocenters. The van der Waals surface area contributed by atoms with Gasteiger partial charge < -0.3 is 9.84 Å². The normalized spacial score (nSPS) is 11.0. The van der Waals surface area contributed by atoms with E-state index in [1.54, 1.807) is 32.0 Å². The van der Waals surface area contributed by atoms with Crippen molar-refractivity contribution in [2.75, 3.05) is 6.61 Å². The van der Waals surface area contributed by atoms with Crippen molar-refractivity contribution < 1.29 is 19.4 Å². The highest BCUT2D eigenvalue weighted by Crippen LogP contribution is 2.36. The second-order valence-corrected chi connectivity index (χ2v) is 6.33. The maximum Gasteiger partial charge on any atom is 0.341 e. The highest BCUT2D eigenvalue weighted by Gasteiger charge is 2.23. The average Bonchev–Trinajstić information content (AvgIpc) is 2.85. The summed E-state index contributed by atoms with van der Waals surface area (Å²) >= 11 is 1.15. The summed E-state index contributed by atoms with van der Waals surface area (Å²) in [5.74, 6) is -0.524. The molecule has 0 atom stereocenters. The number of hydrogen-bond acceptors (Lipinski definition) is 6. The maximum atomic E-state index is 12.2. The summed E-state index contributed by atoms with van der Waals surface area (Å²) in [5, 5.41) is 10.3. The molecule has 1 heterocycles. The van der Waals surface area contributed by atoms with E-state index < -0.39 is 5.97 Å². The molecule has 5 nitrogen and oxygen atoms in total. The van der Waals surface area contributed by atoms with E-state index in [-0.39, 0.29) is 18.1 Å². The molecule has 126 valence electrons. The lowest BCUT2D eigenvalue weighted by atomic mass is 10.1. The van der Waals surface area contributed by atoms with Gasteiger partial charge in [-0.2, -0.15) is 0 Å². The van der Waals surface area contributed by atoms with Gasteiger partial charge in [-0.15, -0.1) is 11.3 Å². The number of hydrogen-bond donors (Lipinski definition) is 1. The van der Waals surface area contributed by atoms with Gasteiger partial charge in [-0.25, -0.2) is 9.79 Å². The number of phenols is 1. The van der Waals surface area contributed by atoms with Crippen molar-refractivity contribution in [1.29, 1.82) is 0 Å². The number of ketones is 1. The smallest absolute Gasteiger partial charge is 0.341 e. The van der Waals surface area contributed by atoms with Crippen LogP contribution >= 0.6 is 11.3 Å². The standard InChI is InChI=1S/C18H19NO4S/c1-5-23-18(22)15-11(3)16(12(4)20)24-17(15)19-9-13-8-10(2)6-7-14(13)21/h6-9,21H,5H2,1-4H3/b19-9+. The van der Waals surface area contributed by atoms with E-state index in [0.29, 0.717) is 26.6 Å². The predicted molar refractivity (Wildman–Crippen MR) is 95.1 cm³/mol. The van der Waals surface area contributed by atoms with Crippen molar-refractivity contribution in [3.8, 4) is 5.75 Å². The zero-order chi connectivity index (χ0) is 17.9. The van der Waals surface area contributed by atoms with Crippen molar-refractivity contribution in [3.05, 3.63) is 45.3 Å². The number of aliphatic imine (C=N–C) groups is 1. The van der Waals surface area contributed by atoms with E-state index >= 15 is 0 Å². The fraction of sp³-hybridized carbons (Fsp3) is 0.278. The van der Waals surface area contributed by atoms with Crippen molar-refractivity contribution >= 4 is 34.3 Å². The van der Waals surface area contributed by atoms with Gasteiger partial charge in [0.1, 0.15) is 10.8 Å². The molecule has 0 bridgehead atoms. The molecule has 2 rings (SSSR count). The van der Waals surface area contributed by atoms with Crippen molar-refractivity contribution in [2.24, 2.45) is 4.99 Å². The Hall–Kier alpha value is -2.47. The number of benzene rings is 1. The monoisotopic (exact) mass is 345 g/mol. The number of thiophene rings is 1. The van der Waals surface area contributed by atoms with Gasteiger partial charge in [0, 0.05) is 11.8 Å². The molecule has 6 heteroatoms. The number of aromatic hydroxyl groups is 1. The highest BCUT2D eigenvalue weighted by atomic mass is 32.1. The van der Waals surface area contributed by atoms with Crippen LogP contribution in [0.5, 0.6) is 5.75 Å². The number of carbonyl (C=O) groups is 2. The van der Waals surface area contributed by atoms with Crippen LogP contribution in [-0.4, -0.2) is 29.7 Å². The molecular formula is C18H19NO4S. The van der Waals surface area contributed by atoms with E-state index in [0.717, 1.165) is 16.9 Å². The minimum absolute atomic E-state index is 0.0992. The van der Waals surface area contributed by atoms with Gasteiger partial charge >= 0.3 is 5.97 Å². The third-order valence-corrected chi connectivity index (χ3v) is 4.73. The van der Waals surface area contributed by atoms with Gasteiger partial charge in [-0.05, 0) is 45.4 Å². The Bertz CT molecular complexity index is 821. The van der Waals surface area contributed by atoms with Gasteiger partial charge in [0.05, 0.1) is 17.0 Å². The Morgan fingerprint density at radius 2 is 2.04 bits per heavy atom. The predicted octanol–water partition coefficient (Wildman–Crippen LogP) is 4.20. The number of phenolic OH excluding ortho intramolecular Hbond substituents is 1. The van der Waals surface area contributed by atoms with Crippen LogP contribution in [0.15, 0.2) is 23.2 Å². The fourth-order valence-corrected chi connectivity index (χ4v) is 3.31. The number of ether oxygens (including phenoxy) is 1. The summed E-state index contributed by atoms with van der Waals surface area (Å²) in [6.07, 6.45) is 1.49. The van der Waals surface area contributed by atoms with Crippen LogP contribution < -0.4 is 0 Å². The van der Waals surface area contributed by atoms with E-state index in [1.807, 2.05) is 6.92 Å². The van der Waals surface area contributed by atoms with Crippen LogP contribution in [0.4, 0.5) is 5.00 Å². The Balaban J connectivity index is 2.50. The van der Waals surface area contributed by atoms with Crippen LogP contribution in [0, 0.1) is 13.8 Å². The van der Waals surface area contributed by atoms with E-state index in [4.69, 9.17) is 4.74 Å². The second-order valence-electron chi connectivity index (χ2n) is 5.33. The number of aryl methyl sites for hydroxylation is 1. The molecule has 1 aromatic heterocycles. The molecule has 0 saturated carbocycles. The molecule has 0 amide bonds. The quantitative estimate of drug-likeness (QED) is 0.500. The number of Topliss-reactive ketones (excluding diaryl/α,β-unsaturated/α-hetero) is 1. The van der Waals surface area contributed by atoms with Crippen LogP contribution in [0.2, 0.25) is 0 Å². The first kappa shape index (κ1) is 17.9. The van der Waals surface area contributed by atoms with Gasteiger partial charge in [0.2, 0.25) is 0 Å². The molecule has 0 fully saturated rings. The number of carbonyl (C=O) groups excluding carboxylic acids is 2. The van der Waals surface area contributed by atoms with E-state index in [9.17, 15) is 14.7 Å². The Labute approximate surface area is 144 Å². The maximum absolute atomic E-state index is 12.2. The SMILES string of the molecule is CCOC(=O)c1c(/N=C/c2cc(C)ccc2O)sc(C(C)=O)c1C. The molecule has 0 aliphatic carbocycles. The number of nitrogens with zero attached hydrogens (tertiary/aromatic N) is 1. The first-order chi connectivity index (χ1) is 11.3. The first-order valence-electron chi connectivity index (χ1n) is 7.50. The molecular weight excluding hydrogens is 326 g/mol. The molecule has 0 saturated heterocycles. The highest BCUT2D eigenvalue weighted by molar-refractivity contribution is 7.18. The zero-order valence-electron chi connectivity index (χ0n) is 14.0. The van der Waals surface area contributed by atoms with Gasteiger partial charge in [0.25, 0.3) is 0 Å². The second kappa shape index (κ2) is 7.40. The lowest BCUT2D eigenvalue weighted by molar-refractivity contribution is 0.0527. The molecule has 0 aliphatic heterocycles. The minimum atomic E-state index is -0.501. The van der Waals surface area contributed by atoms with Crippen molar-refractivity contribution in [3.63, 3.8) is 0 Å². The topological polar surface area (TPSA) is 76.0 Å². The molecule has 1 N–H and O–H groups in total. The molecule has 1 aromatic carbocycles. The van der Waals surface area contributed by atoms with E-state index in [2.05, 4.69) is 4.99 Å². The van der Waals surface area contributed by atoms with Crippen LogP contribution in [0.1, 0.15) is 50.6 Å². The molecule has 24 heavy (non-hydrogen) atoms. The van der Waals surface area contributed by atoms with Crippen LogP contribution in [0.25, 0.3) is 0 Å². The minimum Gasteiger partial charge on any atom is -0.507 e. The first-order valence-corrected chi connectivity index (χ1v) is 8.32. The Kier molecular flexibility index (Phi) is 5.51. The van der Waals surface area contributed by atoms with Crippen molar-refractivity contribution in [2.45, 2.75) is 27.7 Å². The Morgan fingerprint density at radius 1 is 1.33 bits per heavy atom. The summed E-state index contributed by atoms with van der Waals surface area (Å²) in [6.45, 7) is 7.03. The lowest BCUT2D eigenvalue weighted by Crippen LogP contribution is -2.06. The summed E-state index contributed by atoms with van der Waals surface area (Å²) < 4.78 is 5.07. The largest absolute Gasteiger partial charge is 0.507 e. The van der Waals surface area contributed by atoms with Gasteiger partial charge in [0.15, 0.2) is 5.78 Å². The fourth-order valence-electron chi connectivity index (χ4n) is 2.27. The van der Waals surface area contributed by atoms with E-state index in [1.165, 1.54) is 13.1 Å². The average molecular weight is 345 g/mol. The molecule has 0 aliphatic rings.